The summed E-state index contributed by atoms with van der Waals surface area (Å²) in [7, 11) is 0.0148. The summed E-state index contributed by atoms with van der Waals surface area (Å²) in [6.45, 7) is -0.502. The molecule has 1 atom stereocenters. The molecule has 0 aliphatic rings. The van der Waals surface area contributed by atoms with Crippen molar-refractivity contribution in [2.24, 2.45) is 0 Å². The molecule has 1 aromatic heterocycles. The molecule has 1 unspecified atom stereocenters. The molecule has 3 N–H and O–H groups in total. The highest BCUT2D eigenvalue weighted by atomic mass is 35.5. The molecule has 4 aromatic rings. The van der Waals surface area contributed by atoms with Gasteiger partial charge in [-0.2, -0.15) is 0 Å². The normalized spacial score (nSPS) is 12.3. The lowest BCUT2D eigenvalue weighted by molar-refractivity contribution is 0.0959. The number of phosphoric acid groups is 1. The van der Waals surface area contributed by atoms with E-state index in [2.05, 4.69) is 9.51 Å². The van der Waals surface area contributed by atoms with Crippen molar-refractivity contribution >= 4 is 41.8 Å². The molecule has 0 radical (unpaired) electrons. The highest BCUT2D eigenvalue weighted by Gasteiger charge is 2.31. The Morgan fingerprint density at radius 1 is 1.05 bits per heavy atom. The number of carbonyl (C=O) groups is 1. The Morgan fingerprint density at radius 2 is 1.80 bits per heavy atom. The molecule has 0 saturated heterocycles. The van der Waals surface area contributed by atoms with Gasteiger partial charge >= 0.3 is 7.82 Å². The standard InChI is InChI=1S/C27H27ClFN2O8P/c1-31(18-12-19(36-2)14-20(13-18)38-8-9-39-40(33,34)35)26(22-6-4-16(28)10-25(22)37-3)27(32)23-15-30-24-11-17(29)5-7-21(23)24/h4-7,10-15,26,30H,8-9H2,1-3H3,(H2,33,34,35). The number of Topliss-reactive ketones (excluding diaryl/α,β-unsaturated/α-hetero) is 1. The van der Waals surface area contributed by atoms with Crippen LogP contribution in [-0.2, 0) is 9.09 Å². The van der Waals surface area contributed by atoms with E-state index in [0.717, 1.165) is 0 Å². The average molecular weight is 593 g/mol. The van der Waals surface area contributed by atoms with E-state index >= 15 is 0 Å². The summed E-state index contributed by atoms with van der Waals surface area (Å²) in [5.74, 6) is 0.370. The van der Waals surface area contributed by atoms with E-state index in [-0.39, 0.29) is 19.0 Å². The molecule has 10 nitrogen and oxygen atoms in total. The minimum atomic E-state index is -4.64. The van der Waals surface area contributed by atoms with Crippen molar-refractivity contribution in [2.75, 3.05) is 39.4 Å². The first-order chi connectivity index (χ1) is 19.0. The van der Waals surface area contributed by atoms with Gasteiger partial charge in [-0.05, 0) is 30.3 Å². The largest absolute Gasteiger partial charge is 0.497 e. The number of carbonyl (C=O) groups excluding carboxylic acids is 1. The number of halogens is 2. The maximum absolute atomic E-state index is 14.2. The summed E-state index contributed by atoms with van der Waals surface area (Å²) >= 11 is 6.21. The molecule has 0 saturated carbocycles. The number of nitrogens with one attached hydrogen (secondary N) is 1. The van der Waals surface area contributed by atoms with E-state index in [1.807, 2.05) is 0 Å². The van der Waals surface area contributed by atoms with Crippen molar-refractivity contribution in [3.63, 3.8) is 0 Å². The van der Waals surface area contributed by atoms with Gasteiger partial charge in [0.2, 0.25) is 0 Å². The molecule has 0 spiro atoms. The van der Waals surface area contributed by atoms with Crippen LogP contribution in [0.3, 0.4) is 0 Å². The third-order valence-electron chi connectivity index (χ3n) is 6.15. The molecule has 0 aliphatic carbocycles. The SMILES string of the molecule is COc1cc(OCCOP(=O)(O)O)cc(N(C)C(C(=O)c2c[nH]c3cc(F)ccc23)c2ccc(Cl)cc2OC)c1. The van der Waals surface area contributed by atoms with Crippen LogP contribution in [0.1, 0.15) is 22.0 Å². The second-order valence-electron chi connectivity index (χ2n) is 8.70. The smallest absolute Gasteiger partial charge is 0.469 e. The lowest BCUT2D eigenvalue weighted by Crippen LogP contribution is -2.31. The predicted octanol–water partition coefficient (Wildman–Crippen LogP) is 5.53. The van der Waals surface area contributed by atoms with E-state index in [1.165, 1.54) is 32.5 Å². The van der Waals surface area contributed by atoms with Crippen LogP contribution in [0.5, 0.6) is 17.2 Å². The summed E-state index contributed by atoms with van der Waals surface area (Å²) in [4.78, 5) is 36.7. The number of fused-ring (bicyclic) bond motifs is 1. The van der Waals surface area contributed by atoms with E-state index in [1.54, 1.807) is 54.4 Å². The highest BCUT2D eigenvalue weighted by Crippen LogP contribution is 2.39. The highest BCUT2D eigenvalue weighted by molar-refractivity contribution is 7.46. The van der Waals surface area contributed by atoms with Crippen LogP contribution >= 0.6 is 19.4 Å². The number of benzene rings is 3. The molecule has 0 amide bonds. The second-order valence-corrected chi connectivity index (χ2v) is 10.4. The topological polar surface area (TPSA) is 131 Å². The predicted molar refractivity (Wildman–Crippen MR) is 148 cm³/mol. The van der Waals surface area contributed by atoms with Gasteiger partial charge < -0.3 is 33.9 Å². The number of rotatable bonds is 12. The number of hydrogen-bond donors (Lipinski definition) is 3. The van der Waals surface area contributed by atoms with Gasteiger partial charge in [0.05, 0.1) is 20.8 Å². The van der Waals surface area contributed by atoms with Crippen LogP contribution in [0.25, 0.3) is 10.9 Å². The molecule has 0 fully saturated rings. The van der Waals surface area contributed by atoms with Crippen molar-refractivity contribution in [2.45, 2.75) is 6.04 Å². The number of methoxy groups -OCH3 is 2. The number of anilines is 1. The number of ketones is 1. The zero-order chi connectivity index (χ0) is 29.0. The lowest BCUT2D eigenvalue weighted by atomic mass is 9.94. The van der Waals surface area contributed by atoms with E-state index in [0.29, 0.717) is 50.0 Å². The number of nitrogens with zero attached hydrogens (tertiary/aromatic N) is 1. The molecule has 1 heterocycles. The van der Waals surface area contributed by atoms with Gasteiger partial charge in [0, 0.05) is 64.2 Å². The Morgan fingerprint density at radius 3 is 2.50 bits per heavy atom. The fourth-order valence-electron chi connectivity index (χ4n) is 4.31. The molecular formula is C27H27ClFN2O8P. The van der Waals surface area contributed by atoms with E-state index < -0.39 is 19.7 Å². The average Bonchev–Trinajstić information content (AvgIpc) is 3.34. The van der Waals surface area contributed by atoms with Gasteiger partial charge in [0.25, 0.3) is 0 Å². The number of hydrogen-bond acceptors (Lipinski definition) is 7. The minimum absolute atomic E-state index is 0.152. The summed E-state index contributed by atoms with van der Waals surface area (Å²) in [6.07, 6.45) is 1.54. The summed E-state index contributed by atoms with van der Waals surface area (Å²) < 4.78 is 45.8. The maximum Gasteiger partial charge on any atom is 0.469 e. The van der Waals surface area contributed by atoms with E-state index in [9.17, 15) is 13.8 Å². The number of ether oxygens (including phenoxy) is 3. The molecular weight excluding hydrogens is 566 g/mol. The number of aromatic nitrogens is 1. The van der Waals surface area contributed by atoms with Crippen molar-refractivity contribution in [3.05, 3.63) is 82.8 Å². The fourth-order valence-corrected chi connectivity index (χ4v) is 4.79. The summed E-state index contributed by atoms with van der Waals surface area (Å²) in [6, 6.07) is 13.1. The van der Waals surface area contributed by atoms with Crippen LogP contribution in [0.4, 0.5) is 10.1 Å². The fraction of sp³-hybridized carbons (Fsp3) is 0.222. The Bertz CT molecular complexity index is 1570. The van der Waals surface area contributed by atoms with Gasteiger partial charge in [-0.3, -0.25) is 9.32 Å². The zero-order valence-corrected chi connectivity index (χ0v) is 23.4. The number of likely N-dealkylation sites (N-methyl/N-ethyl adjacent to an activating group) is 1. The van der Waals surface area contributed by atoms with Crippen LogP contribution in [0, 0.1) is 5.82 Å². The maximum atomic E-state index is 14.2. The van der Waals surface area contributed by atoms with Crippen molar-refractivity contribution < 1.29 is 42.3 Å². The molecule has 3 aromatic carbocycles. The first-order valence-electron chi connectivity index (χ1n) is 11.9. The first kappa shape index (κ1) is 29.4. The van der Waals surface area contributed by atoms with Gasteiger partial charge in [0.1, 0.15) is 35.7 Å². The van der Waals surface area contributed by atoms with Crippen LogP contribution in [-0.4, -0.2) is 55.0 Å². The quantitative estimate of drug-likeness (QED) is 0.110. The second kappa shape index (κ2) is 12.3. The third-order valence-corrected chi connectivity index (χ3v) is 6.91. The van der Waals surface area contributed by atoms with Gasteiger partial charge in [-0.25, -0.2) is 8.96 Å². The van der Waals surface area contributed by atoms with Crippen molar-refractivity contribution in [1.82, 2.24) is 4.98 Å². The van der Waals surface area contributed by atoms with E-state index in [4.69, 9.17) is 35.6 Å². The molecule has 4 rings (SSSR count). The molecule has 212 valence electrons. The monoisotopic (exact) mass is 592 g/mol. The van der Waals surface area contributed by atoms with Gasteiger partial charge in [-0.1, -0.05) is 17.7 Å². The van der Waals surface area contributed by atoms with Crippen molar-refractivity contribution in [3.8, 4) is 17.2 Å². The third kappa shape index (κ3) is 6.75. The van der Waals surface area contributed by atoms with Crippen molar-refractivity contribution in [1.29, 1.82) is 0 Å². The Kier molecular flexibility index (Phi) is 9.02. The number of aromatic amines is 1. The Balaban J connectivity index is 1.76. The molecule has 0 aliphatic heterocycles. The first-order valence-corrected chi connectivity index (χ1v) is 13.8. The van der Waals surface area contributed by atoms with Crippen LogP contribution < -0.4 is 19.1 Å². The summed E-state index contributed by atoms with van der Waals surface area (Å²) in [5, 5.41) is 0.976. The lowest BCUT2D eigenvalue weighted by Gasteiger charge is -2.31. The molecule has 13 heteroatoms. The Labute approximate surface area is 234 Å². The van der Waals surface area contributed by atoms with Gasteiger partial charge in [0.15, 0.2) is 5.78 Å². The summed E-state index contributed by atoms with van der Waals surface area (Å²) in [5.41, 5.74) is 1.86. The zero-order valence-electron chi connectivity index (χ0n) is 21.8. The number of phosphoric ester groups is 1. The molecule has 0 bridgehead atoms. The van der Waals surface area contributed by atoms with Crippen LogP contribution in [0.15, 0.2) is 60.8 Å². The Hall–Kier alpha value is -3.60. The molecule has 40 heavy (non-hydrogen) atoms. The van der Waals surface area contributed by atoms with Gasteiger partial charge in [-0.15, -0.1) is 0 Å². The minimum Gasteiger partial charge on any atom is -0.497 e. The number of H-pyrrole nitrogens is 1. The van der Waals surface area contributed by atoms with Crippen LogP contribution in [0.2, 0.25) is 5.02 Å².